The maximum Gasteiger partial charge on any atom is 0.348 e. The van der Waals surface area contributed by atoms with Gasteiger partial charge in [-0.25, -0.2) is 4.79 Å². The highest BCUT2D eigenvalue weighted by Crippen LogP contribution is 2.36. The van der Waals surface area contributed by atoms with Crippen LogP contribution in [0, 0.1) is 0 Å². The summed E-state index contributed by atoms with van der Waals surface area (Å²) in [6, 6.07) is 7.58. The zero-order valence-electron chi connectivity index (χ0n) is 12.1. The molecule has 2 aromatic rings. The van der Waals surface area contributed by atoms with E-state index in [9.17, 15) is 30.3 Å². The molecule has 3 rings (SSSR count). The van der Waals surface area contributed by atoms with Gasteiger partial charge < -0.3 is 30.3 Å². The lowest BCUT2D eigenvalue weighted by atomic mass is 10.0. The second-order valence-corrected chi connectivity index (χ2v) is 5.07. The Balaban J connectivity index is 2.04. The van der Waals surface area contributed by atoms with Crippen LogP contribution in [-0.4, -0.2) is 31.5 Å². The van der Waals surface area contributed by atoms with Crippen molar-refractivity contribution in [2.24, 2.45) is 0 Å². The zero-order chi connectivity index (χ0) is 17.4. The average molecular weight is 328 g/mol. The third kappa shape index (κ3) is 2.58. The van der Waals surface area contributed by atoms with Crippen LogP contribution in [-0.2, 0) is 9.53 Å². The summed E-state index contributed by atoms with van der Waals surface area (Å²) in [6.45, 7) is 0. The second-order valence-electron chi connectivity index (χ2n) is 5.07. The van der Waals surface area contributed by atoms with E-state index in [0.29, 0.717) is 5.56 Å². The van der Waals surface area contributed by atoms with Gasteiger partial charge in [0.2, 0.25) is 0 Å². The number of aliphatic hydroxyl groups excluding tert-OH is 1. The molecule has 1 aliphatic heterocycles. The number of aliphatic hydroxyl groups is 1. The zero-order valence-corrected chi connectivity index (χ0v) is 12.1. The first-order chi connectivity index (χ1) is 11.4. The van der Waals surface area contributed by atoms with Crippen LogP contribution in [0.1, 0.15) is 11.1 Å². The molecule has 0 radical (unpaired) electrons. The molecular weight excluding hydrogens is 316 g/mol. The van der Waals surface area contributed by atoms with Crippen LogP contribution in [0.4, 0.5) is 0 Å². The van der Waals surface area contributed by atoms with Crippen molar-refractivity contribution in [1.29, 1.82) is 0 Å². The Hall–Kier alpha value is -3.61. The Labute approximate surface area is 135 Å². The topological polar surface area (TPSA) is 127 Å². The number of carbonyl (C=O) groups excluding carboxylic acids is 1. The molecule has 2 aromatic carbocycles. The fraction of sp³-hybridized carbons (Fsp3) is 0. The predicted molar refractivity (Wildman–Crippen MR) is 83.2 cm³/mol. The Bertz CT molecular complexity index is 909. The van der Waals surface area contributed by atoms with E-state index in [1.54, 1.807) is 0 Å². The van der Waals surface area contributed by atoms with E-state index in [4.69, 9.17) is 4.74 Å². The Morgan fingerprint density at radius 2 is 1.42 bits per heavy atom. The van der Waals surface area contributed by atoms with Crippen LogP contribution in [0.15, 0.2) is 47.9 Å². The van der Waals surface area contributed by atoms with Crippen LogP contribution in [0.5, 0.6) is 23.0 Å². The fourth-order valence-electron chi connectivity index (χ4n) is 2.23. The first-order valence-corrected chi connectivity index (χ1v) is 6.78. The maximum absolute atomic E-state index is 12.0. The van der Waals surface area contributed by atoms with E-state index in [0.717, 1.165) is 6.07 Å². The van der Waals surface area contributed by atoms with E-state index < -0.39 is 17.5 Å². The average Bonchev–Trinajstić information content (AvgIpc) is 2.80. The number of phenolic OH excluding ortho intramolecular Hbond substituents is 4. The lowest BCUT2D eigenvalue weighted by Gasteiger charge is -2.02. The summed E-state index contributed by atoms with van der Waals surface area (Å²) in [5.74, 6) is -2.89. The molecule has 0 saturated carbocycles. The van der Waals surface area contributed by atoms with Gasteiger partial charge in [-0.1, -0.05) is 12.1 Å². The third-order valence-corrected chi connectivity index (χ3v) is 3.44. The third-order valence-electron chi connectivity index (χ3n) is 3.44. The molecular formula is C17H12O7. The van der Waals surface area contributed by atoms with Crippen molar-refractivity contribution in [3.63, 3.8) is 0 Å². The van der Waals surface area contributed by atoms with Crippen molar-refractivity contribution < 1.29 is 35.1 Å². The summed E-state index contributed by atoms with van der Waals surface area (Å²) in [5.41, 5.74) is 0.388. The molecule has 5 N–H and O–H groups in total. The molecule has 7 heteroatoms. The SMILES string of the molecule is O=C1O/C(=C\c2ccc(O)c(O)c2)C(O)=C1c1ccc(O)c(O)c1. The number of carbonyl (C=O) groups is 1. The molecule has 0 amide bonds. The monoisotopic (exact) mass is 328 g/mol. The van der Waals surface area contributed by atoms with Crippen molar-refractivity contribution in [2.45, 2.75) is 0 Å². The fourth-order valence-corrected chi connectivity index (χ4v) is 2.23. The normalized spacial score (nSPS) is 15.8. The van der Waals surface area contributed by atoms with Crippen molar-refractivity contribution >= 4 is 17.6 Å². The van der Waals surface area contributed by atoms with Gasteiger partial charge in [0.25, 0.3) is 0 Å². The lowest BCUT2D eigenvalue weighted by molar-refractivity contribution is -0.131. The van der Waals surface area contributed by atoms with Gasteiger partial charge in [-0.3, -0.25) is 0 Å². The number of hydrogen-bond acceptors (Lipinski definition) is 7. The molecule has 7 nitrogen and oxygen atoms in total. The van der Waals surface area contributed by atoms with E-state index in [-0.39, 0.29) is 34.1 Å². The predicted octanol–water partition coefficient (Wildman–Crippen LogP) is 2.38. The molecule has 1 heterocycles. The van der Waals surface area contributed by atoms with Gasteiger partial charge in [0.05, 0.1) is 0 Å². The molecule has 0 atom stereocenters. The Morgan fingerprint density at radius 3 is 2.04 bits per heavy atom. The highest BCUT2D eigenvalue weighted by Gasteiger charge is 2.31. The van der Waals surface area contributed by atoms with Gasteiger partial charge in [0, 0.05) is 0 Å². The van der Waals surface area contributed by atoms with Crippen LogP contribution in [0.2, 0.25) is 0 Å². The lowest BCUT2D eigenvalue weighted by Crippen LogP contribution is -1.98. The molecule has 122 valence electrons. The van der Waals surface area contributed by atoms with Crippen LogP contribution in [0.25, 0.3) is 11.6 Å². The van der Waals surface area contributed by atoms with E-state index in [1.807, 2.05) is 0 Å². The number of aromatic hydroxyl groups is 4. The number of cyclic esters (lactones) is 1. The van der Waals surface area contributed by atoms with Gasteiger partial charge in [-0.05, 0) is 41.5 Å². The number of esters is 1. The Morgan fingerprint density at radius 1 is 0.792 bits per heavy atom. The molecule has 0 bridgehead atoms. The molecule has 0 fully saturated rings. The molecule has 0 aliphatic carbocycles. The number of ether oxygens (including phenoxy) is 1. The number of benzene rings is 2. The van der Waals surface area contributed by atoms with Crippen molar-refractivity contribution in [3.05, 3.63) is 59.0 Å². The van der Waals surface area contributed by atoms with Gasteiger partial charge in [-0.2, -0.15) is 0 Å². The van der Waals surface area contributed by atoms with Crippen LogP contribution in [0.3, 0.4) is 0 Å². The molecule has 0 unspecified atom stereocenters. The molecule has 24 heavy (non-hydrogen) atoms. The van der Waals surface area contributed by atoms with Crippen molar-refractivity contribution in [1.82, 2.24) is 0 Å². The van der Waals surface area contributed by atoms with Crippen molar-refractivity contribution in [3.8, 4) is 23.0 Å². The first-order valence-electron chi connectivity index (χ1n) is 6.78. The quantitative estimate of drug-likeness (QED) is 0.423. The molecule has 0 spiro atoms. The summed E-state index contributed by atoms with van der Waals surface area (Å²) < 4.78 is 4.99. The number of hydrogen-bond donors (Lipinski definition) is 5. The highest BCUT2D eigenvalue weighted by molar-refractivity contribution is 6.21. The molecule has 0 aromatic heterocycles. The minimum atomic E-state index is -0.827. The summed E-state index contributed by atoms with van der Waals surface area (Å²) >= 11 is 0. The molecule has 1 aliphatic rings. The summed E-state index contributed by atoms with van der Waals surface area (Å²) in [6.07, 6.45) is 1.31. The maximum atomic E-state index is 12.0. The number of phenols is 4. The molecule has 0 saturated heterocycles. The van der Waals surface area contributed by atoms with Gasteiger partial charge in [-0.15, -0.1) is 0 Å². The summed E-state index contributed by atoms with van der Waals surface area (Å²) in [5, 5.41) is 47.8. The largest absolute Gasteiger partial charge is 0.504 e. The van der Waals surface area contributed by atoms with Gasteiger partial charge in [0.1, 0.15) is 5.57 Å². The standard InChI is InChI=1S/C17H12O7/c18-10-3-1-8(5-12(10)20)6-14-16(22)15(17(23)24-14)9-2-4-11(19)13(21)7-9/h1-7,18-22H/b14-6-. The van der Waals surface area contributed by atoms with E-state index in [1.165, 1.54) is 36.4 Å². The van der Waals surface area contributed by atoms with Crippen molar-refractivity contribution in [2.75, 3.05) is 0 Å². The Kier molecular flexibility index (Phi) is 3.53. The summed E-state index contributed by atoms with van der Waals surface area (Å²) in [4.78, 5) is 12.0. The minimum absolute atomic E-state index is 0.146. The first kappa shape index (κ1) is 15.3. The summed E-state index contributed by atoms with van der Waals surface area (Å²) in [7, 11) is 0. The second kappa shape index (κ2) is 5.54. The highest BCUT2D eigenvalue weighted by atomic mass is 16.6. The minimum Gasteiger partial charge on any atom is -0.504 e. The van der Waals surface area contributed by atoms with Gasteiger partial charge in [0.15, 0.2) is 34.5 Å². The smallest absolute Gasteiger partial charge is 0.348 e. The van der Waals surface area contributed by atoms with E-state index in [2.05, 4.69) is 0 Å². The van der Waals surface area contributed by atoms with Crippen LogP contribution >= 0.6 is 0 Å². The van der Waals surface area contributed by atoms with Crippen LogP contribution < -0.4 is 0 Å². The van der Waals surface area contributed by atoms with E-state index >= 15 is 0 Å². The number of rotatable bonds is 2. The van der Waals surface area contributed by atoms with Gasteiger partial charge >= 0.3 is 5.97 Å².